The molecule has 9 heteroatoms. The summed E-state index contributed by atoms with van der Waals surface area (Å²) in [7, 11) is 0. The van der Waals surface area contributed by atoms with Gasteiger partial charge in [-0.3, -0.25) is 4.79 Å². The number of aliphatic hydroxyl groups is 3. The lowest BCUT2D eigenvalue weighted by atomic mass is 9.97. The molecule has 2 aromatic rings. The predicted molar refractivity (Wildman–Crippen MR) is 108 cm³/mol. The number of carbonyl (C=O) groups excluding carboxylic acids is 1. The van der Waals surface area contributed by atoms with Crippen molar-refractivity contribution in [3.63, 3.8) is 0 Å². The Morgan fingerprint density at radius 1 is 0.903 bits per heavy atom. The number of ether oxygens (including phenoxy) is 2. The fraction of sp³-hybridized carbons (Fsp3) is 0.364. The Hall–Kier alpha value is -2.82. The van der Waals surface area contributed by atoms with Crippen molar-refractivity contribution in [2.24, 2.45) is 0 Å². The lowest BCUT2D eigenvalue weighted by Gasteiger charge is -2.39. The summed E-state index contributed by atoms with van der Waals surface area (Å²) in [6.07, 6.45) is -8.09. The number of aliphatic hydroxyl groups excluding tert-OH is 3. The van der Waals surface area contributed by atoms with E-state index >= 15 is 0 Å². The normalized spacial score (nSPS) is 26.7. The van der Waals surface area contributed by atoms with Crippen LogP contribution in [0.1, 0.15) is 11.1 Å². The number of carbonyl (C=O) groups is 2. The largest absolute Gasteiger partial charge is 0.480 e. The van der Waals surface area contributed by atoms with Gasteiger partial charge < -0.3 is 35.2 Å². The molecule has 1 amide bonds. The number of aliphatic carboxylic acids is 1. The zero-order valence-electron chi connectivity index (χ0n) is 16.6. The number of carboxylic acid groups (broad SMARTS) is 1. The maximum atomic E-state index is 12.7. The smallest absolute Gasteiger partial charge is 0.326 e. The molecule has 6 atom stereocenters. The Labute approximate surface area is 178 Å². The van der Waals surface area contributed by atoms with Crippen LogP contribution in [0.3, 0.4) is 0 Å². The van der Waals surface area contributed by atoms with Crippen LogP contribution in [-0.4, -0.2) is 69.1 Å². The van der Waals surface area contributed by atoms with Crippen LogP contribution in [0.5, 0.6) is 0 Å². The first-order chi connectivity index (χ1) is 14.9. The van der Waals surface area contributed by atoms with Gasteiger partial charge in [-0.15, -0.1) is 0 Å². The summed E-state index contributed by atoms with van der Waals surface area (Å²) >= 11 is 0. The van der Waals surface area contributed by atoms with Gasteiger partial charge in [0.05, 0.1) is 6.61 Å². The van der Waals surface area contributed by atoms with Crippen LogP contribution in [0.15, 0.2) is 60.7 Å². The number of benzene rings is 2. The van der Waals surface area contributed by atoms with Crippen molar-refractivity contribution in [2.45, 2.75) is 49.8 Å². The van der Waals surface area contributed by atoms with Gasteiger partial charge in [-0.25, -0.2) is 4.79 Å². The highest BCUT2D eigenvalue weighted by Gasteiger charge is 2.47. The quantitative estimate of drug-likeness (QED) is 0.387. The molecule has 9 nitrogen and oxygen atoms in total. The van der Waals surface area contributed by atoms with Crippen LogP contribution in [0.25, 0.3) is 0 Å². The first-order valence-electron chi connectivity index (χ1n) is 9.79. The summed E-state index contributed by atoms with van der Waals surface area (Å²) < 4.78 is 10.9. The molecule has 0 bridgehead atoms. The van der Waals surface area contributed by atoms with Crippen LogP contribution in [0.4, 0.5) is 0 Å². The fourth-order valence-electron chi connectivity index (χ4n) is 3.26. The van der Waals surface area contributed by atoms with Gasteiger partial charge in [0.2, 0.25) is 0 Å². The Bertz CT molecular complexity index is 862. The number of hydrogen-bond acceptors (Lipinski definition) is 7. The molecule has 0 radical (unpaired) electrons. The first kappa shape index (κ1) is 22.9. The van der Waals surface area contributed by atoms with Crippen LogP contribution >= 0.6 is 0 Å². The lowest BCUT2D eigenvalue weighted by molar-refractivity contribution is -0.293. The number of hydrogen-bond donors (Lipinski definition) is 5. The summed E-state index contributed by atoms with van der Waals surface area (Å²) in [6, 6.07) is 16.4. The zero-order chi connectivity index (χ0) is 22.4. The van der Waals surface area contributed by atoms with E-state index in [-0.39, 0.29) is 13.0 Å². The molecule has 2 aromatic carbocycles. The standard InChI is InChI=1S/C22H25NO8/c24-16-17(25)19(31-22(18(16)26)30-12-14-9-5-2-6-10-14)20(27)23-15(21(28)29)11-13-7-3-1-4-8-13/h1-10,15-19,22,24-26H,11-12H2,(H,23,27)(H,28,29)/t15?,16-,17+,18+,19-,22+/m0/s1. The third-order valence-corrected chi connectivity index (χ3v) is 4.98. The first-order valence-corrected chi connectivity index (χ1v) is 9.79. The van der Waals surface area contributed by atoms with Gasteiger partial charge in [0.1, 0.15) is 24.4 Å². The van der Waals surface area contributed by atoms with E-state index < -0.39 is 48.6 Å². The Kier molecular flexibility index (Phi) is 7.72. The van der Waals surface area contributed by atoms with Gasteiger partial charge in [0.15, 0.2) is 12.4 Å². The summed E-state index contributed by atoms with van der Waals surface area (Å²) in [5.41, 5.74) is 1.47. The monoisotopic (exact) mass is 431 g/mol. The minimum Gasteiger partial charge on any atom is -0.480 e. The van der Waals surface area contributed by atoms with Gasteiger partial charge in [-0.2, -0.15) is 0 Å². The second kappa shape index (κ2) is 10.5. The van der Waals surface area contributed by atoms with Gasteiger partial charge in [-0.1, -0.05) is 60.7 Å². The number of rotatable bonds is 8. The third-order valence-electron chi connectivity index (χ3n) is 4.98. The Morgan fingerprint density at radius 3 is 2.06 bits per heavy atom. The van der Waals surface area contributed by atoms with Crippen molar-refractivity contribution in [3.05, 3.63) is 71.8 Å². The molecule has 3 rings (SSSR count). The third kappa shape index (κ3) is 5.87. The van der Waals surface area contributed by atoms with Crippen molar-refractivity contribution in [3.8, 4) is 0 Å². The maximum absolute atomic E-state index is 12.7. The number of amides is 1. The van der Waals surface area contributed by atoms with Gasteiger partial charge in [0, 0.05) is 6.42 Å². The van der Waals surface area contributed by atoms with E-state index in [1.54, 1.807) is 54.6 Å². The average molecular weight is 431 g/mol. The van der Waals surface area contributed by atoms with E-state index in [1.807, 2.05) is 6.07 Å². The number of carboxylic acids is 1. The molecule has 1 heterocycles. The van der Waals surface area contributed by atoms with Gasteiger partial charge in [0.25, 0.3) is 5.91 Å². The van der Waals surface area contributed by atoms with Crippen molar-refractivity contribution >= 4 is 11.9 Å². The number of nitrogens with one attached hydrogen (secondary N) is 1. The molecule has 5 N–H and O–H groups in total. The summed E-state index contributed by atoms with van der Waals surface area (Å²) in [6.45, 7) is 0.0332. The van der Waals surface area contributed by atoms with Crippen LogP contribution in [0, 0.1) is 0 Å². The summed E-state index contributed by atoms with van der Waals surface area (Å²) in [5.74, 6) is -2.20. The average Bonchev–Trinajstić information content (AvgIpc) is 2.78. The fourth-order valence-corrected chi connectivity index (χ4v) is 3.26. The maximum Gasteiger partial charge on any atom is 0.326 e. The molecule has 166 valence electrons. The molecule has 1 fully saturated rings. The van der Waals surface area contributed by atoms with Crippen molar-refractivity contribution in [2.75, 3.05) is 0 Å². The highest BCUT2D eigenvalue weighted by Crippen LogP contribution is 2.23. The summed E-state index contributed by atoms with van der Waals surface area (Å²) in [5, 5.41) is 42.3. The molecular formula is C22H25NO8. The molecule has 1 saturated heterocycles. The second-order valence-electron chi connectivity index (χ2n) is 7.28. The predicted octanol–water partition coefficient (Wildman–Crippen LogP) is -0.177. The van der Waals surface area contributed by atoms with Crippen LogP contribution in [0.2, 0.25) is 0 Å². The van der Waals surface area contributed by atoms with Crippen molar-refractivity contribution in [1.29, 1.82) is 0 Å². The lowest BCUT2D eigenvalue weighted by Crippen LogP contribution is -2.63. The molecule has 0 aromatic heterocycles. The van der Waals surface area contributed by atoms with Crippen LogP contribution in [-0.2, 0) is 32.1 Å². The van der Waals surface area contributed by atoms with E-state index in [1.165, 1.54) is 0 Å². The van der Waals surface area contributed by atoms with Crippen LogP contribution < -0.4 is 5.32 Å². The molecule has 1 aliphatic rings. The molecule has 0 saturated carbocycles. The van der Waals surface area contributed by atoms with E-state index in [9.17, 15) is 30.0 Å². The van der Waals surface area contributed by atoms with E-state index in [0.717, 1.165) is 5.56 Å². The molecule has 1 unspecified atom stereocenters. The van der Waals surface area contributed by atoms with E-state index in [0.29, 0.717) is 5.56 Å². The van der Waals surface area contributed by atoms with E-state index in [2.05, 4.69) is 5.32 Å². The van der Waals surface area contributed by atoms with Gasteiger partial charge in [-0.05, 0) is 11.1 Å². The topological polar surface area (TPSA) is 146 Å². The SMILES string of the molecule is O=C(O)C(Cc1ccccc1)NC(=O)[C@H]1O[C@@H](OCc2ccccc2)[C@H](O)[C@@H](O)[C@H]1O. The highest BCUT2D eigenvalue weighted by molar-refractivity contribution is 5.87. The molecular weight excluding hydrogens is 406 g/mol. The van der Waals surface area contributed by atoms with E-state index in [4.69, 9.17) is 9.47 Å². The minimum atomic E-state index is -1.77. The molecule has 31 heavy (non-hydrogen) atoms. The summed E-state index contributed by atoms with van der Waals surface area (Å²) in [4.78, 5) is 24.3. The van der Waals surface area contributed by atoms with Gasteiger partial charge >= 0.3 is 5.97 Å². The highest BCUT2D eigenvalue weighted by atomic mass is 16.7. The minimum absolute atomic E-state index is 0.0177. The van der Waals surface area contributed by atoms with Crippen molar-refractivity contribution < 1.29 is 39.5 Å². The molecule has 1 aliphatic heterocycles. The Balaban J connectivity index is 1.66. The second-order valence-corrected chi connectivity index (χ2v) is 7.28. The molecule has 0 aliphatic carbocycles. The Morgan fingerprint density at radius 2 is 1.48 bits per heavy atom. The zero-order valence-corrected chi connectivity index (χ0v) is 16.6. The van der Waals surface area contributed by atoms with Crippen molar-refractivity contribution in [1.82, 2.24) is 5.32 Å². The molecule has 0 spiro atoms.